The van der Waals surface area contributed by atoms with Crippen molar-refractivity contribution >= 4 is 5.78 Å². The fourth-order valence-electron chi connectivity index (χ4n) is 2.90. The summed E-state index contributed by atoms with van der Waals surface area (Å²) in [5.41, 5.74) is 0.131. The van der Waals surface area contributed by atoms with Crippen molar-refractivity contribution in [3.63, 3.8) is 0 Å². The number of carbonyl (C=O) groups excluding carboxylic acids is 1. The zero-order chi connectivity index (χ0) is 9.31. The molecule has 74 valence electrons. The molecule has 1 spiro atoms. The molecule has 1 unspecified atom stereocenters. The molecule has 2 aliphatic carbocycles. The van der Waals surface area contributed by atoms with Gasteiger partial charge in [0.05, 0.1) is 6.10 Å². The standard InChI is InChI=1S/C11H18O2/c12-9-4-7-11(8-5-9)6-2-1-3-10(11)13/h10,13H,1-8H2. The quantitative estimate of drug-likeness (QED) is 0.622. The first-order valence-corrected chi connectivity index (χ1v) is 5.43. The molecule has 2 saturated carbocycles. The zero-order valence-corrected chi connectivity index (χ0v) is 8.09. The highest BCUT2D eigenvalue weighted by Crippen LogP contribution is 2.46. The number of aliphatic hydroxyl groups excluding tert-OH is 1. The molecule has 0 bridgehead atoms. The average Bonchev–Trinajstić information content (AvgIpc) is 2.15. The third kappa shape index (κ3) is 1.64. The average molecular weight is 182 g/mol. The van der Waals surface area contributed by atoms with Crippen molar-refractivity contribution in [2.45, 2.75) is 57.5 Å². The lowest BCUT2D eigenvalue weighted by Gasteiger charge is -2.43. The van der Waals surface area contributed by atoms with E-state index in [1.54, 1.807) is 0 Å². The van der Waals surface area contributed by atoms with Crippen molar-refractivity contribution in [3.05, 3.63) is 0 Å². The molecule has 0 radical (unpaired) electrons. The Morgan fingerprint density at radius 3 is 2.46 bits per heavy atom. The highest BCUT2D eigenvalue weighted by atomic mass is 16.3. The minimum atomic E-state index is -0.130. The molecule has 2 fully saturated rings. The van der Waals surface area contributed by atoms with Gasteiger partial charge in [-0.2, -0.15) is 0 Å². The first-order valence-electron chi connectivity index (χ1n) is 5.43. The molecular formula is C11H18O2. The van der Waals surface area contributed by atoms with Crippen LogP contribution < -0.4 is 0 Å². The van der Waals surface area contributed by atoms with Crippen molar-refractivity contribution in [2.24, 2.45) is 5.41 Å². The van der Waals surface area contributed by atoms with Crippen molar-refractivity contribution in [1.82, 2.24) is 0 Å². The molecule has 2 heteroatoms. The van der Waals surface area contributed by atoms with Crippen LogP contribution in [0.25, 0.3) is 0 Å². The Kier molecular flexibility index (Phi) is 2.41. The summed E-state index contributed by atoms with van der Waals surface area (Å²) in [6.07, 6.45) is 7.65. The zero-order valence-electron chi connectivity index (χ0n) is 8.09. The minimum absolute atomic E-state index is 0.130. The molecule has 2 nitrogen and oxygen atoms in total. The largest absolute Gasteiger partial charge is 0.393 e. The van der Waals surface area contributed by atoms with E-state index in [4.69, 9.17) is 0 Å². The van der Waals surface area contributed by atoms with Crippen LogP contribution in [-0.2, 0) is 4.79 Å². The van der Waals surface area contributed by atoms with Gasteiger partial charge in [-0.25, -0.2) is 0 Å². The van der Waals surface area contributed by atoms with E-state index in [0.29, 0.717) is 18.6 Å². The van der Waals surface area contributed by atoms with Crippen LogP contribution in [0.5, 0.6) is 0 Å². The number of rotatable bonds is 0. The molecule has 0 amide bonds. The summed E-state index contributed by atoms with van der Waals surface area (Å²) in [7, 11) is 0. The third-order valence-corrected chi connectivity index (χ3v) is 3.91. The first kappa shape index (κ1) is 9.20. The molecule has 0 aromatic rings. The Morgan fingerprint density at radius 1 is 1.15 bits per heavy atom. The maximum Gasteiger partial charge on any atom is 0.132 e. The lowest BCUT2D eigenvalue weighted by molar-refractivity contribution is -0.126. The molecular weight excluding hydrogens is 164 g/mol. The molecule has 1 N–H and O–H groups in total. The van der Waals surface area contributed by atoms with Crippen molar-refractivity contribution in [2.75, 3.05) is 0 Å². The Labute approximate surface area is 79.3 Å². The van der Waals surface area contributed by atoms with E-state index in [9.17, 15) is 9.90 Å². The van der Waals surface area contributed by atoms with Gasteiger partial charge in [0.2, 0.25) is 0 Å². The summed E-state index contributed by atoms with van der Waals surface area (Å²) < 4.78 is 0. The van der Waals surface area contributed by atoms with Gasteiger partial charge in [0.1, 0.15) is 5.78 Å². The summed E-state index contributed by atoms with van der Waals surface area (Å²) in [5, 5.41) is 9.96. The second-order valence-corrected chi connectivity index (χ2v) is 4.66. The molecule has 0 aromatic carbocycles. The predicted molar refractivity (Wildman–Crippen MR) is 50.4 cm³/mol. The number of hydrogen-bond acceptors (Lipinski definition) is 2. The highest BCUT2D eigenvalue weighted by Gasteiger charge is 2.41. The topological polar surface area (TPSA) is 37.3 Å². The van der Waals surface area contributed by atoms with E-state index in [2.05, 4.69) is 0 Å². The van der Waals surface area contributed by atoms with Gasteiger partial charge in [-0.1, -0.05) is 12.8 Å². The predicted octanol–water partition coefficient (Wildman–Crippen LogP) is 2.05. The fourth-order valence-corrected chi connectivity index (χ4v) is 2.90. The molecule has 2 aliphatic rings. The van der Waals surface area contributed by atoms with Crippen molar-refractivity contribution < 1.29 is 9.90 Å². The number of Topliss-reactive ketones (excluding diaryl/α,β-unsaturated/α-hetero) is 1. The molecule has 0 heterocycles. The summed E-state index contributed by atoms with van der Waals surface area (Å²) in [4.78, 5) is 11.1. The fraction of sp³-hybridized carbons (Fsp3) is 0.909. The van der Waals surface area contributed by atoms with Crippen LogP contribution in [0.15, 0.2) is 0 Å². The van der Waals surface area contributed by atoms with Gasteiger partial charge in [0.25, 0.3) is 0 Å². The summed E-state index contributed by atoms with van der Waals surface area (Å²) in [6, 6.07) is 0. The van der Waals surface area contributed by atoms with Crippen LogP contribution in [0, 0.1) is 5.41 Å². The van der Waals surface area contributed by atoms with Gasteiger partial charge in [-0.3, -0.25) is 4.79 Å². The smallest absolute Gasteiger partial charge is 0.132 e. The van der Waals surface area contributed by atoms with Gasteiger partial charge >= 0.3 is 0 Å². The normalized spacial score (nSPS) is 33.6. The third-order valence-electron chi connectivity index (χ3n) is 3.91. The van der Waals surface area contributed by atoms with Crippen LogP contribution >= 0.6 is 0 Å². The Balaban J connectivity index is 2.05. The van der Waals surface area contributed by atoms with Crippen LogP contribution in [0.3, 0.4) is 0 Å². The Bertz CT molecular complexity index is 200. The second-order valence-electron chi connectivity index (χ2n) is 4.66. The summed E-state index contributed by atoms with van der Waals surface area (Å²) in [5.74, 6) is 0.392. The number of hydrogen-bond donors (Lipinski definition) is 1. The molecule has 13 heavy (non-hydrogen) atoms. The number of ketones is 1. The van der Waals surface area contributed by atoms with E-state index in [1.807, 2.05) is 0 Å². The lowest BCUT2D eigenvalue weighted by atomic mass is 9.63. The lowest BCUT2D eigenvalue weighted by Crippen LogP contribution is -2.41. The number of aliphatic hydroxyl groups is 1. The molecule has 0 saturated heterocycles. The van der Waals surface area contributed by atoms with E-state index < -0.39 is 0 Å². The van der Waals surface area contributed by atoms with E-state index in [0.717, 1.165) is 32.1 Å². The van der Waals surface area contributed by atoms with E-state index in [-0.39, 0.29) is 11.5 Å². The van der Waals surface area contributed by atoms with Gasteiger partial charge < -0.3 is 5.11 Å². The number of carbonyl (C=O) groups is 1. The summed E-state index contributed by atoms with van der Waals surface area (Å²) in [6.45, 7) is 0. The van der Waals surface area contributed by atoms with Gasteiger partial charge in [-0.15, -0.1) is 0 Å². The van der Waals surface area contributed by atoms with Gasteiger partial charge in [-0.05, 0) is 31.1 Å². The summed E-state index contributed by atoms with van der Waals surface area (Å²) >= 11 is 0. The molecule has 1 atom stereocenters. The van der Waals surface area contributed by atoms with Crippen LogP contribution in [0.2, 0.25) is 0 Å². The maximum absolute atomic E-state index is 11.1. The van der Waals surface area contributed by atoms with Crippen LogP contribution in [0.1, 0.15) is 51.4 Å². The minimum Gasteiger partial charge on any atom is -0.393 e. The first-order chi connectivity index (χ1) is 6.23. The van der Waals surface area contributed by atoms with Crippen LogP contribution in [-0.4, -0.2) is 17.0 Å². The monoisotopic (exact) mass is 182 g/mol. The van der Waals surface area contributed by atoms with Crippen molar-refractivity contribution in [1.29, 1.82) is 0 Å². The SMILES string of the molecule is O=C1CCC2(CCCCC2O)CC1. The maximum atomic E-state index is 11.1. The van der Waals surface area contributed by atoms with E-state index in [1.165, 1.54) is 6.42 Å². The van der Waals surface area contributed by atoms with E-state index >= 15 is 0 Å². The van der Waals surface area contributed by atoms with Crippen LogP contribution in [0.4, 0.5) is 0 Å². The molecule has 0 aromatic heterocycles. The Morgan fingerprint density at radius 2 is 1.85 bits per heavy atom. The Hall–Kier alpha value is -0.370. The van der Waals surface area contributed by atoms with Crippen molar-refractivity contribution in [3.8, 4) is 0 Å². The molecule has 2 rings (SSSR count). The molecule has 0 aliphatic heterocycles. The van der Waals surface area contributed by atoms with Gasteiger partial charge in [0.15, 0.2) is 0 Å². The highest BCUT2D eigenvalue weighted by molar-refractivity contribution is 5.79. The second kappa shape index (κ2) is 3.41. The van der Waals surface area contributed by atoms with Gasteiger partial charge in [0, 0.05) is 12.8 Å².